The van der Waals surface area contributed by atoms with Gasteiger partial charge in [0.2, 0.25) is 0 Å². The minimum absolute atomic E-state index is 0.128. The summed E-state index contributed by atoms with van der Waals surface area (Å²) in [6.45, 7) is 5.07. The van der Waals surface area contributed by atoms with Gasteiger partial charge >= 0.3 is 11.9 Å². The third-order valence-electron chi connectivity index (χ3n) is 2.69. The molecule has 0 unspecified atom stereocenters. The Bertz CT molecular complexity index is 421. The molecule has 1 aliphatic rings. The number of ether oxygens (including phenoxy) is 1. The van der Waals surface area contributed by atoms with Crippen molar-refractivity contribution < 1.29 is 14.3 Å². The van der Waals surface area contributed by atoms with E-state index in [4.69, 9.17) is 0 Å². The Kier molecular flexibility index (Phi) is 3.26. The highest BCUT2D eigenvalue weighted by molar-refractivity contribution is 5.89. The fourth-order valence-corrected chi connectivity index (χ4v) is 1.96. The highest BCUT2D eigenvalue weighted by atomic mass is 16.6. The summed E-state index contributed by atoms with van der Waals surface area (Å²) in [5, 5.41) is 4.40. The molecule has 0 amide bonds. The molecule has 0 radical (unpaired) electrons. The van der Waals surface area contributed by atoms with Gasteiger partial charge in [-0.25, -0.2) is 0 Å². The van der Waals surface area contributed by atoms with Gasteiger partial charge in [0.25, 0.3) is 0 Å². The molecule has 0 aromatic carbocycles. The standard InChI is InChI=1S/C12H16N2O3/c1-8(2)7-14-4-3-10(13-14)9-5-11(15)17-12(16)6-9/h3-4,8-9H,5-7H2,1-2H3. The van der Waals surface area contributed by atoms with Gasteiger partial charge in [-0.15, -0.1) is 0 Å². The second-order valence-corrected chi connectivity index (χ2v) is 4.81. The van der Waals surface area contributed by atoms with E-state index < -0.39 is 11.9 Å². The fraction of sp³-hybridized carbons (Fsp3) is 0.583. The van der Waals surface area contributed by atoms with E-state index in [1.54, 1.807) is 0 Å². The Labute approximate surface area is 99.8 Å². The first-order chi connectivity index (χ1) is 8.04. The van der Waals surface area contributed by atoms with E-state index in [1.165, 1.54) is 0 Å². The van der Waals surface area contributed by atoms with Crippen molar-refractivity contribution >= 4 is 11.9 Å². The summed E-state index contributed by atoms with van der Waals surface area (Å²) in [6, 6.07) is 1.87. The normalized spacial score (nSPS) is 17.6. The third kappa shape index (κ3) is 2.93. The topological polar surface area (TPSA) is 61.2 Å². The molecule has 2 rings (SSSR count). The summed E-state index contributed by atoms with van der Waals surface area (Å²) in [5.41, 5.74) is 0.802. The van der Waals surface area contributed by atoms with Gasteiger partial charge in [0.1, 0.15) is 0 Å². The molecule has 1 aromatic heterocycles. The molecule has 0 spiro atoms. The van der Waals surface area contributed by atoms with E-state index >= 15 is 0 Å². The van der Waals surface area contributed by atoms with Gasteiger partial charge in [0, 0.05) is 18.7 Å². The van der Waals surface area contributed by atoms with E-state index in [0.29, 0.717) is 5.92 Å². The summed E-state index contributed by atoms with van der Waals surface area (Å²) in [7, 11) is 0. The molecule has 0 N–H and O–H groups in total. The molecule has 92 valence electrons. The highest BCUT2D eigenvalue weighted by Crippen LogP contribution is 2.26. The summed E-state index contributed by atoms with van der Waals surface area (Å²) >= 11 is 0. The smallest absolute Gasteiger partial charge is 0.314 e. The van der Waals surface area contributed by atoms with Crippen molar-refractivity contribution in [1.29, 1.82) is 0 Å². The Balaban J connectivity index is 2.08. The van der Waals surface area contributed by atoms with Gasteiger partial charge in [-0.05, 0) is 12.0 Å². The lowest BCUT2D eigenvalue weighted by Crippen LogP contribution is -2.24. The lowest BCUT2D eigenvalue weighted by Gasteiger charge is -2.17. The third-order valence-corrected chi connectivity index (χ3v) is 2.69. The van der Waals surface area contributed by atoms with Crippen molar-refractivity contribution in [2.24, 2.45) is 5.92 Å². The van der Waals surface area contributed by atoms with Crippen molar-refractivity contribution in [3.63, 3.8) is 0 Å². The van der Waals surface area contributed by atoms with Crippen LogP contribution in [0.15, 0.2) is 12.3 Å². The molecule has 1 aliphatic heterocycles. The zero-order valence-electron chi connectivity index (χ0n) is 10.0. The number of carbonyl (C=O) groups is 2. The summed E-state index contributed by atoms with van der Waals surface area (Å²) in [6.07, 6.45) is 2.37. The van der Waals surface area contributed by atoms with E-state index in [0.717, 1.165) is 12.2 Å². The average Bonchev–Trinajstić information content (AvgIpc) is 2.63. The number of esters is 2. The van der Waals surface area contributed by atoms with Gasteiger partial charge in [-0.3, -0.25) is 14.3 Å². The maximum atomic E-state index is 11.2. The van der Waals surface area contributed by atoms with Gasteiger partial charge in [0.05, 0.1) is 18.5 Å². The molecule has 2 heterocycles. The molecule has 5 heteroatoms. The number of nitrogens with zero attached hydrogens (tertiary/aromatic N) is 2. The summed E-state index contributed by atoms with van der Waals surface area (Å²) in [4.78, 5) is 22.3. The number of hydrogen-bond donors (Lipinski definition) is 0. The molecule has 0 atom stereocenters. The summed E-state index contributed by atoms with van der Waals surface area (Å²) < 4.78 is 6.35. The molecule has 1 saturated heterocycles. The van der Waals surface area contributed by atoms with E-state index in [9.17, 15) is 9.59 Å². The zero-order valence-corrected chi connectivity index (χ0v) is 10.0. The molecule has 0 saturated carbocycles. The van der Waals surface area contributed by atoms with E-state index in [-0.39, 0.29) is 18.8 Å². The minimum atomic E-state index is -0.454. The molecular formula is C12H16N2O3. The van der Waals surface area contributed by atoms with Crippen LogP contribution in [0.3, 0.4) is 0 Å². The van der Waals surface area contributed by atoms with Gasteiger partial charge in [-0.1, -0.05) is 13.8 Å². The van der Waals surface area contributed by atoms with Gasteiger partial charge < -0.3 is 4.74 Å². The maximum absolute atomic E-state index is 11.2. The van der Waals surface area contributed by atoms with Crippen LogP contribution in [-0.4, -0.2) is 21.7 Å². The zero-order chi connectivity index (χ0) is 12.4. The number of carbonyl (C=O) groups excluding carboxylic acids is 2. The number of rotatable bonds is 3. The molecule has 0 bridgehead atoms. The van der Waals surface area contributed by atoms with Crippen LogP contribution in [0, 0.1) is 5.92 Å². The van der Waals surface area contributed by atoms with Crippen molar-refractivity contribution in [2.75, 3.05) is 0 Å². The molecule has 1 fully saturated rings. The molecule has 0 aliphatic carbocycles. The van der Waals surface area contributed by atoms with E-state index in [1.807, 2.05) is 16.9 Å². The van der Waals surface area contributed by atoms with Crippen LogP contribution in [-0.2, 0) is 20.9 Å². The molecule has 5 nitrogen and oxygen atoms in total. The van der Waals surface area contributed by atoms with Crippen LogP contribution in [0.2, 0.25) is 0 Å². The minimum Gasteiger partial charge on any atom is -0.393 e. The lowest BCUT2D eigenvalue weighted by molar-refractivity contribution is -0.164. The average molecular weight is 236 g/mol. The van der Waals surface area contributed by atoms with Crippen molar-refractivity contribution in [3.05, 3.63) is 18.0 Å². The number of hydrogen-bond acceptors (Lipinski definition) is 4. The van der Waals surface area contributed by atoms with Gasteiger partial charge in [0.15, 0.2) is 0 Å². The van der Waals surface area contributed by atoms with Crippen molar-refractivity contribution in [3.8, 4) is 0 Å². The predicted molar refractivity (Wildman–Crippen MR) is 60.1 cm³/mol. The largest absolute Gasteiger partial charge is 0.393 e. The molecular weight excluding hydrogens is 220 g/mol. The molecule has 1 aromatic rings. The second kappa shape index (κ2) is 4.69. The first-order valence-electron chi connectivity index (χ1n) is 5.81. The number of cyclic esters (lactones) is 2. The Morgan fingerprint density at radius 3 is 2.65 bits per heavy atom. The quantitative estimate of drug-likeness (QED) is 0.589. The van der Waals surface area contributed by atoms with Crippen LogP contribution in [0.4, 0.5) is 0 Å². The van der Waals surface area contributed by atoms with Crippen molar-refractivity contribution in [2.45, 2.75) is 39.2 Å². The van der Waals surface area contributed by atoms with Crippen LogP contribution in [0.5, 0.6) is 0 Å². The first-order valence-corrected chi connectivity index (χ1v) is 5.81. The van der Waals surface area contributed by atoms with E-state index in [2.05, 4.69) is 23.7 Å². The fourth-order valence-electron chi connectivity index (χ4n) is 1.96. The SMILES string of the molecule is CC(C)Cn1ccc(C2CC(=O)OC(=O)C2)n1. The highest BCUT2D eigenvalue weighted by Gasteiger charge is 2.29. The van der Waals surface area contributed by atoms with Crippen LogP contribution in [0.1, 0.15) is 38.3 Å². The Morgan fingerprint density at radius 1 is 1.41 bits per heavy atom. The van der Waals surface area contributed by atoms with Crippen LogP contribution < -0.4 is 0 Å². The van der Waals surface area contributed by atoms with Crippen LogP contribution in [0.25, 0.3) is 0 Å². The Hall–Kier alpha value is -1.65. The molecule has 17 heavy (non-hydrogen) atoms. The van der Waals surface area contributed by atoms with Crippen molar-refractivity contribution in [1.82, 2.24) is 9.78 Å². The van der Waals surface area contributed by atoms with Crippen LogP contribution >= 0.6 is 0 Å². The second-order valence-electron chi connectivity index (χ2n) is 4.81. The maximum Gasteiger partial charge on any atom is 0.314 e. The Morgan fingerprint density at radius 2 is 2.06 bits per heavy atom. The summed E-state index contributed by atoms with van der Waals surface area (Å²) in [5.74, 6) is -0.521. The number of aromatic nitrogens is 2. The van der Waals surface area contributed by atoms with Gasteiger partial charge in [-0.2, -0.15) is 5.10 Å². The lowest BCUT2D eigenvalue weighted by atomic mass is 9.96. The monoisotopic (exact) mass is 236 g/mol. The predicted octanol–water partition coefficient (Wildman–Crippen LogP) is 1.49. The first kappa shape index (κ1) is 11.8.